The van der Waals surface area contributed by atoms with Crippen LogP contribution in [0.15, 0.2) is 22.7 Å². The van der Waals surface area contributed by atoms with E-state index in [0.29, 0.717) is 6.04 Å². The average molecular weight is 284 g/mol. The third kappa shape index (κ3) is 2.41. The molecule has 1 aliphatic heterocycles. The minimum atomic E-state index is 0.288. The predicted molar refractivity (Wildman–Crippen MR) is 70.9 cm³/mol. The van der Waals surface area contributed by atoms with Crippen LogP contribution in [0.2, 0.25) is 0 Å². The van der Waals surface area contributed by atoms with Crippen molar-refractivity contribution >= 4 is 21.6 Å². The predicted octanol–water partition coefficient (Wildman–Crippen LogP) is 3.11. The molecule has 1 saturated heterocycles. The van der Waals surface area contributed by atoms with Gasteiger partial charge in [-0.15, -0.1) is 0 Å². The molecule has 1 fully saturated rings. The first-order valence-corrected chi connectivity index (χ1v) is 6.65. The smallest absolute Gasteiger partial charge is 0.0450 e. The Hall–Kier alpha value is -0.540. The average Bonchev–Trinajstić information content (AvgIpc) is 2.71. The molecule has 1 unspecified atom stereocenters. The van der Waals surface area contributed by atoms with Crippen molar-refractivity contribution in [3.63, 3.8) is 0 Å². The van der Waals surface area contributed by atoms with E-state index in [4.69, 9.17) is 5.11 Å². The van der Waals surface area contributed by atoms with Crippen LogP contribution in [-0.2, 0) is 0 Å². The molecule has 2 nitrogen and oxygen atoms in total. The van der Waals surface area contributed by atoms with Gasteiger partial charge >= 0.3 is 0 Å². The first-order valence-electron chi connectivity index (χ1n) is 5.86. The minimum absolute atomic E-state index is 0.288. The summed E-state index contributed by atoms with van der Waals surface area (Å²) in [6.45, 7) is 3.52. The summed E-state index contributed by atoms with van der Waals surface area (Å²) in [6, 6.07) is 7.01. The fourth-order valence-corrected chi connectivity index (χ4v) is 2.68. The van der Waals surface area contributed by atoms with Crippen molar-refractivity contribution in [3.8, 4) is 0 Å². The van der Waals surface area contributed by atoms with Crippen LogP contribution in [0.3, 0.4) is 0 Å². The Bertz CT molecular complexity index is 367. The lowest BCUT2D eigenvalue weighted by molar-refractivity contribution is 0.276. The Morgan fingerprint density at radius 2 is 2.31 bits per heavy atom. The molecule has 16 heavy (non-hydrogen) atoms. The van der Waals surface area contributed by atoms with Gasteiger partial charge in [-0.25, -0.2) is 0 Å². The molecule has 0 aliphatic carbocycles. The summed E-state index contributed by atoms with van der Waals surface area (Å²) >= 11 is 3.53. The third-order valence-electron chi connectivity index (χ3n) is 3.31. The van der Waals surface area contributed by atoms with Crippen molar-refractivity contribution in [3.05, 3.63) is 28.2 Å². The largest absolute Gasteiger partial charge is 0.396 e. The second-order valence-corrected chi connectivity index (χ2v) is 5.29. The molecule has 1 heterocycles. The van der Waals surface area contributed by atoms with Crippen LogP contribution in [0.1, 0.15) is 24.8 Å². The SMILES string of the molecule is Cc1cc(N2CCCC2CCO)ccc1Br. The van der Waals surface area contributed by atoms with E-state index in [0.717, 1.165) is 17.4 Å². The number of anilines is 1. The highest BCUT2D eigenvalue weighted by Crippen LogP contribution is 2.29. The molecular formula is C13H18BrNO. The van der Waals surface area contributed by atoms with Crippen LogP contribution in [-0.4, -0.2) is 24.3 Å². The first kappa shape index (κ1) is 11.9. The van der Waals surface area contributed by atoms with Crippen molar-refractivity contribution < 1.29 is 5.11 Å². The van der Waals surface area contributed by atoms with Gasteiger partial charge in [-0.1, -0.05) is 15.9 Å². The Labute approximate surface area is 105 Å². The molecule has 0 radical (unpaired) electrons. The first-order chi connectivity index (χ1) is 7.72. The van der Waals surface area contributed by atoms with Crippen LogP contribution in [0.5, 0.6) is 0 Å². The zero-order valence-electron chi connectivity index (χ0n) is 9.62. The van der Waals surface area contributed by atoms with Crippen LogP contribution < -0.4 is 4.90 Å². The number of halogens is 1. The molecule has 1 atom stereocenters. The molecule has 0 amide bonds. The summed E-state index contributed by atoms with van der Waals surface area (Å²) in [6.07, 6.45) is 3.32. The normalized spacial score (nSPS) is 20.4. The molecule has 1 aromatic carbocycles. The van der Waals surface area contributed by atoms with Crippen LogP contribution >= 0.6 is 15.9 Å². The lowest BCUT2D eigenvalue weighted by Crippen LogP contribution is -2.29. The highest BCUT2D eigenvalue weighted by molar-refractivity contribution is 9.10. The number of nitrogens with zero attached hydrogens (tertiary/aromatic N) is 1. The van der Waals surface area contributed by atoms with Gasteiger partial charge < -0.3 is 10.0 Å². The number of aliphatic hydroxyl groups excluding tert-OH is 1. The van der Waals surface area contributed by atoms with Crippen molar-refractivity contribution in [2.24, 2.45) is 0 Å². The second-order valence-electron chi connectivity index (χ2n) is 4.44. The standard InChI is InChI=1S/C13H18BrNO/c1-10-9-12(4-5-13(10)14)15-7-2-3-11(15)6-8-16/h4-5,9,11,16H,2-3,6-8H2,1H3. The Morgan fingerprint density at radius 1 is 1.50 bits per heavy atom. The van der Waals surface area contributed by atoms with Gasteiger partial charge in [-0.3, -0.25) is 0 Å². The summed E-state index contributed by atoms with van der Waals surface area (Å²) in [5.41, 5.74) is 2.56. The molecule has 0 saturated carbocycles. The van der Waals surface area contributed by atoms with E-state index < -0.39 is 0 Å². The zero-order chi connectivity index (χ0) is 11.5. The van der Waals surface area contributed by atoms with Gasteiger partial charge in [0, 0.05) is 29.4 Å². The van der Waals surface area contributed by atoms with E-state index in [2.05, 4.69) is 46.0 Å². The summed E-state index contributed by atoms with van der Waals surface area (Å²) in [5, 5.41) is 9.06. The molecule has 2 rings (SSSR count). The van der Waals surface area contributed by atoms with Gasteiger partial charge in [0.05, 0.1) is 0 Å². The number of aryl methyl sites for hydroxylation is 1. The van der Waals surface area contributed by atoms with E-state index in [9.17, 15) is 0 Å². The van der Waals surface area contributed by atoms with Gasteiger partial charge in [-0.05, 0) is 49.9 Å². The highest BCUT2D eigenvalue weighted by Gasteiger charge is 2.24. The highest BCUT2D eigenvalue weighted by atomic mass is 79.9. The van der Waals surface area contributed by atoms with E-state index in [-0.39, 0.29) is 6.61 Å². The summed E-state index contributed by atoms with van der Waals surface area (Å²) in [7, 11) is 0. The van der Waals surface area contributed by atoms with Crippen LogP contribution in [0.4, 0.5) is 5.69 Å². The van der Waals surface area contributed by atoms with Crippen molar-refractivity contribution in [2.75, 3.05) is 18.1 Å². The fourth-order valence-electron chi connectivity index (χ4n) is 2.43. The molecule has 1 aromatic rings. The quantitative estimate of drug-likeness (QED) is 0.922. The zero-order valence-corrected chi connectivity index (χ0v) is 11.2. The lowest BCUT2D eigenvalue weighted by atomic mass is 10.1. The maximum Gasteiger partial charge on any atom is 0.0450 e. The summed E-state index contributed by atoms with van der Waals surface area (Å²) in [4.78, 5) is 2.43. The van der Waals surface area contributed by atoms with Gasteiger partial charge in [0.15, 0.2) is 0 Å². The van der Waals surface area contributed by atoms with Gasteiger partial charge in [0.25, 0.3) is 0 Å². The summed E-state index contributed by atoms with van der Waals surface area (Å²) in [5.74, 6) is 0. The monoisotopic (exact) mass is 283 g/mol. The van der Waals surface area contributed by atoms with Crippen molar-refractivity contribution in [1.29, 1.82) is 0 Å². The number of hydrogen-bond acceptors (Lipinski definition) is 2. The Morgan fingerprint density at radius 3 is 3.00 bits per heavy atom. The van der Waals surface area contributed by atoms with Gasteiger partial charge in [0.1, 0.15) is 0 Å². The third-order valence-corrected chi connectivity index (χ3v) is 4.20. The number of benzene rings is 1. The topological polar surface area (TPSA) is 23.5 Å². The van der Waals surface area contributed by atoms with E-state index in [1.54, 1.807) is 0 Å². The molecule has 0 bridgehead atoms. The van der Waals surface area contributed by atoms with Crippen LogP contribution in [0.25, 0.3) is 0 Å². The van der Waals surface area contributed by atoms with Gasteiger partial charge in [0.2, 0.25) is 0 Å². The van der Waals surface area contributed by atoms with E-state index in [1.807, 2.05) is 0 Å². The van der Waals surface area contributed by atoms with Crippen LogP contribution in [0, 0.1) is 6.92 Å². The second kappa shape index (κ2) is 5.19. The Balaban J connectivity index is 2.19. The maximum absolute atomic E-state index is 9.06. The maximum atomic E-state index is 9.06. The van der Waals surface area contributed by atoms with Crippen molar-refractivity contribution in [1.82, 2.24) is 0 Å². The van der Waals surface area contributed by atoms with E-state index >= 15 is 0 Å². The number of aliphatic hydroxyl groups is 1. The number of rotatable bonds is 3. The molecule has 1 aliphatic rings. The molecular weight excluding hydrogens is 266 g/mol. The summed E-state index contributed by atoms with van der Waals surface area (Å²) < 4.78 is 1.16. The molecule has 88 valence electrons. The molecule has 0 aromatic heterocycles. The molecule has 0 spiro atoms. The minimum Gasteiger partial charge on any atom is -0.396 e. The molecule has 3 heteroatoms. The van der Waals surface area contributed by atoms with Gasteiger partial charge in [-0.2, -0.15) is 0 Å². The molecule has 1 N–H and O–H groups in total. The Kier molecular flexibility index (Phi) is 3.87. The fraction of sp³-hybridized carbons (Fsp3) is 0.538. The van der Waals surface area contributed by atoms with Crippen molar-refractivity contribution in [2.45, 2.75) is 32.2 Å². The lowest BCUT2D eigenvalue weighted by Gasteiger charge is -2.26. The van der Waals surface area contributed by atoms with E-state index in [1.165, 1.54) is 24.1 Å². The number of hydrogen-bond donors (Lipinski definition) is 1.